The third kappa shape index (κ3) is 6.70. The van der Waals surface area contributed by atoms with Crippen molar-refractivity contribution in [1.29, 1.82) is 0 Å². The maximum absolute atomic E-state index is 13.9. The van der Waals surface area contributed by atoms with E-state index in [0.717, 1.165) is 22.0 Å². The first-order valence-corrected chi connectivity index (χ1v) is 15.6. The van der Waals surface area contributed by atoms with Gasteiger partial charge in [-0.1, -0.05) is 56.4 Å². The fourth-order valence-corrected chi connectivity index (χ4v) is 6.08. The normalized spacial score (nSPS) is 27.7. The Balaban J connectivity index is 1.53. The number of carbonyl (C=O) groups is 4. The monoisotopic (exact) mass is 601 g/mol. The number of hydrogen-bond acceptors (Lipinski definition) is 7. The molecule has 5 bridgehead atoms. The predicted octanol–water partition coefficient (Wildman–Crippen LogP) is 4.12. The number of nitrogens with zero attached hydrogens (tertiary/aromatic N) is 2. The Labute approximate surface area is 258 Å². The molecule has 1 aromatic carbocycles. The molecular formula is C34H43N5O5. The molecule has 1 spiro atoms. The highest BCUT2D eigenvalue weighted by Gasteiger charge is 2.42. The number of esters is 1. The van der Waals surface area contributed by atoms with Crippen molar-refractivity contribution in [3.05, 3.63) is 59.8 Å². The number of rotatable bonds is 1. The molecule has 5 rings (SSSR count). The van der Waals surface area contributed by atoms with E-state index in [1.807, 2.05) is 63.3 Å². The molecule has 1 saturated heterocycles. The number of pyridine rings is 1. The van der Waals surface area contributed by atoms with Crippen LogP contribution in [0.15, 0.2) is 48.6 Å². The van der Waals surface area contributed by atoms with E-state index in [9.17, 15) is 19.2 Å². The van der Waals surface area contributed by atoms with Gasteiger partial charge in [0.25, 0.3) is 11.8 Å². The van der Waals surface area contributed by atoms with E-state index in [1.54, 1.807) is 6.92 Å². The van der Waals surface area contributed by atoms with Crippen LogP contribution in [0.25, 0.3) is 17.0 Å². The van der Waals surface area contributed by atoms with Crippen LogP contribution >= 0.6 is 0 Å². The van der Waals surface area contributed by atoms with Gasteiger partial charge < -0.3 is 15.4 Å². The van der Waals surface area contributed by atoms with Gasteiger partial charge in [0.1, 0.15) is 12.1 Å². The zero-order valence-electron chi connectivity index (χ0n) is 26.0. The number of ether oxygens (including phenoxy) is 1. The van der Waals surface area contributed by atoms with Gasteiger partial charge in [-0.25, -0.2) is 5.43 Å². The lowest BCUT2D eigenvalue weighted by molar-refractivity contribution is -0.167. The van der Waals surface area contributed by atoms with Crippen molar-refractivity contribution in [3.8, 4) is 0 Å². The zero-order chi connectivity index (χ0) is 31.6. The summed E-state index contributed by atoms with van der Waals surface area (Å²) in [4.78, 5) is 58.8. The van der Waals surface area contributed by atoms with Gasteiger partial charge in [-0.3, -0.25) is 29.2 Å². The van der Waals surface area contributed by atoms with Crippen molar-refractivity contribution in [2.45, 2.75) is 90.4 Å². The summed E-state index contributed by atoms with van der Waals surface area (Å²) in [6.45, 7) is 11.6. The van der Waals surface area contributed by atoms with Gasteiger partial charge in [0, 0.05) is 11.9 Å². The van der Waals surface area contributed by atoms with E-state index in [-0.39, 0.29) is 23.8 Å². The first kappa shape index (κ1) is 31.4. The number of carbonyl (C=O) groups excluding carboxylic acids is 4. The Morgan fingerprint density at radius 2 is 1.70 bits per heavy atom. The molecular weight excluding hydrogens is 558 g/mol. The van der Waals surface area contributed by atoms with Crippen LogP contribution in [-0.4, -0.2) is 58.4 Å². The molecule has 4 atom stereocenters. The van der Waals surface area contributed by atoms with Crippen LogP contribution in [-0.2, 0) is 23.9 Å². The third-order valence-electron chi connectivity index (χ3n) is 8.99. The minimum atomic E-state index is -1.08. The Kier molecular flexibility index (Phi) is 9.20. The number of aromatic nitrogens is 1. The second-order valence-corrected chi connectivity index (χ2v) is 12.8. The quantitative estimate of drug-likeness (QED) is 0.331. The van der Waals surface area contributed by atoms with Gasteiger partial charge in [0.05, 0.1) is 22.7 Å². The van der Waals surface area contributed by atoms with Crippen molar-refractivity contribution in [2.75, 3.05) is 6.54 Å². The highest BCUT2D eigenvalue weighted by atomic mass is 16.5. The fraction of sp³-hybridized carbons (Fsp3) is 0.500. The minimum absolute atomic E-state index is 0.233. The van der Waals surface area contributed by atoms with Crippen molar-refractivity contribution in [1.82, 2.24) is 26.1 Å². The van der Waals surface area contributed by atoms with Gasteiger partial charge in [0.15, 0.2) is 6.10 Å². The van der Waals surface area contributed by atoms with Crippen LogP contribution in [0.4, 0.5) is 0 Å². The molecule has 2 fully saturated rings. The first-order valence-electron chi connectivity index (χ1n) is 15.6. The molecule has 3 N–H and O–H groups in total. The smallest absolute Gasteiger partial charge is 0.316 e. The number of allylic oxidation sites excluding steroid dienone is 1. The zero-order valence-corrected chi connectivity index (χ0v) is 26.0. The molecule has 2 aromatic rings. The van der Waals surface area contributed by atoms with Crippen LogP contribution in [0.5, 0.6) is 0 Å². The molecule has 2 aliphatic heterocycles. The standard InChI is InChI=1S/C34H43N5O5/c1-20(2)29-31(41)36-23(5)32(42)39-18-6-7-27(38-39)30(40)35-22(4)26-11-10-25-9-8-24(19-28(25)37-26)14-17-34(33(43)44-29)15-12-21(3)13-16-34/h8-11,14,17,19-20,22-23,27,29,38H,3,6-7,12-13,15-16,18H2,1-2,4-5H3,(H,35,40)(H,36,41)/b17-14+. The molecule has 3 aliphatic rings. The molecule has 10 nitrogen and oxygen atoms in total. The summed E-state index contributed by atoms with van der Waals surface area (Å²) < 4.78 is 5.98. The first-order chi connectivity index (χ1) is 21.0. The second kappa shape index (κ2) is 12.9. The van der Waals surface area contributed by atoms with Crippen LogP contribution in [0.2, 0.25) is 0 Å². The summed E-state index contributed by atoms with van der Waals surface area (Å²) in [5.41, 5.74) is 5.56. The van der Waals surface area contributed by atoms with Crippen molar-refractivity contribution < 1.29 is 23.9 Å². The molecule has 3 heterocycles. The van der Waals surface area contributed by atoms with Crippen molar-refractivity contribution in [3.63, 3.8) is 0 Å². The molecule has 0 radical (unpaired) electrons. The lowest BCUT2D eigenvalue weighted by Gasteiger charge is -2.36. The Bertz CT molecular complexity index is 1490. The number of benzene rings is 1. The molecule has 3 amide bonds. The fourth-order valence-electron chi connectivity index (χ4n) is 6.08. The molecule has 4 unspecified atom stereocenters. The van der Waals surface area contributed by atoms with Crippen molar-refractivity contribution >= 4 is 40.7 Å². The van der Waals surface area contributed by atoms with E-state index in [1.165, 1.54) is 5.01 Å². The minimum Gasteiger partial charge on any atom is -0.451 e. The molecule has 1 aromatic heterocycles. The van der Waals surface area contributed by atoms with E-state index in [4.69, 9.17) is 9.72 Å². The van der Waals surface area contributed by atoms with Gasteiger partial charge >= 0.3 is 5.97 Å². The number of nitrogens with one attached hydrogen (secondary N) is 3. The second-order valence-electron chi connectivity index (χ2n) is 12.8. The number of fused-ring (bicyclic) bond motifs is 4. The molecule has 44 heavy (non-hydrogen) atoms. The molecule has 234 valence electrons. The van der Waals surface area contributed by atoms with Gasteiger partial charge in [0.2, 0.25) is 5.91 Å². The maximum atomic E-state index is 13.9. The SMILES string of the molecule is C=C1CCC2(/C=C/c3ccc4ccc(nc4c3)C(C)NC(=O)C3CCCN(N3)C(=O)C(C)NC(=O)C(C(C)C)OC2=O)CC1. The van der Waals surface area contributed by atoms with Crippen LogP contribution in [0.3, 0.4) is 0 Å². The highest BCUT2D eigenvalue weighted by molar-refractivity contribution is 5.92. The van der Waals surface area contributed by atoms with Gasteiger partial charge in [-0.2, -0.15) is 0 Å². The number of hydrazine groups is 1. The topological polar surface area (TPSA) is 130 Å². The molecule has 10 heteroatoms. The maximum Gasteiger partial charge on any atom is 0.316 e. The number of cyclic esters (lactones) is 1. The van der Waals surface area contributed by atoms with E-state index in [0.29, 0.717) is 50.8 Å². The third-order valence-corrected chi connectivity index (χ3v) is 8.99. The number of hydrogen-bond donors (Lipinski definition) is 3. The van der Waals surface area contributed by atoms with E-state index >= 15 is 0 Å². The largest absolute Gasteiger partial charge is 0.451 e. The summed E-state index contributed by atoms with van der Waals surface area (Å²) in [6.07, 6.45) is 6.33. The van der Waals surface area contributed by atoms with Gasteiger partial charge in [-0.05, 0) is 76.0 Å². The Morgan fingerprint density at radius 1 is 1.00 bits per heavy atom. The number of amides is 3. The highest BCUT2D eigenvalue weighted by Crippen LogP contribution is 2.41. The van der Waals surface area contributed by atoms with E-state index < -0.39 is 35.5 Å². The lowest BCUT2D eigenvalue weighted by Crippen LogP contribution is -2.61. The summed E-state index contributed by atoms with van der Waals surface area (Å²) in [5, 5.41) is 8.14. The average Bonchev–Trinajstić information content (AvgIpc) is 3.01. The summed E-state index contributed by atoms with van der Waals surface area (Å²) >= 11 is 0. The molecule has 1 aliphatic carbocycles. The van der Waals surface area contributed by atoms with Crippen LogP contribution < -0.4 is 16.1 Å². The van der Waals surface area contributed by atoms with Crippen molar-refractivity contribution in [2.24, 2.45) is 11.3 Å². The molecule has 1 saturated carbocycles. The lowest BCUT2D eigenvalue weighted by atomic mass is 9.72. The van der Waals surface area contributed by atoms with Gasteiger partial charge in [-0.15, -0.1) is 0 Å². The van der Waals surface area contributed by atoms with Crippen LogP contribution in [0, 0.1) is 11.3 Å². The predicted molar refractivity (Wildman–Crippen MR) is 168 cm³/mol. The van der Waals surface area contributed by atoms with Crippen LogP contribution in [0.1, 0.15) is 83.5 Å². The average molecular weight is 602 g/mol. The summed E-state index contributed by atoms with van der Waals surface area (Å²) in [6, 6.07) is 7.92. The summed E-state index contributed by atoms with van der Waals surface area (Å²) in [7, 11) is 0. The summed E-state index contributed by atoms with van der Waals surface area (Å²) in [5.74, 6) is -1.93. The van der Waals surface area contributed by atoms with E-state index in [2.05, 4.69) is 22.6 Å². The Hall–Kier alpha value is -4.05. The Morgan fingerprint density at radius 3 is 2.43 bits per heavy atom.